The van der Waals surface area contributed by atoms with Crippen LogP contribution in [-0.2, 0) is 4.74 Å². The molecule has 0 amide bonds. The van der Waals surface area contributed by atoms with Gasteiger partial charge in [0.2, 0.25) is 5.78 Å². The van der Waals surface area contributed by atoms with Gasteiger partial charge in [-0.3, -0.25) is 9.36 Å². The van der Waals surface area contributed by atoms with Gasteiger partial charge in [0.25, 0.3) is 0 Å². The number of thiazole rings is 1. The topological polar surface area (TPSA) is 61.2 Å². The van der Waals surface area contributed by atoms with Gasteiger partial charge in [-0.2, -0.15) is 0 Å². The highest BCUT2D eigenvalue weighted by atomic mass is 32.1. The van der Waals surface area contributed by atoms with Gasteiger partial charge >= 0.3 is 5.97 Å². The van der Waals surface area contributed by atoms with E-state index in [0.717, 1.165) is 27.6 Å². The molecule has 0 radical (unpaired) electrons. The van der Waals surface area contributed by atoms with Crippen LogP contribution >= 0.6 is 11.3 Å². The Morgan fingerprint density at radius 1 is 1.08 bits per heavy atom. The van der Waals surface area contributed by atoms with Crippen LogP contribution in [0.4, 0.5) is 0 Å². The molecule has 0 bridgehead atoms. The first-order valence-corrected chi connectivity index (χ1v) is 9.12. The van der Waals surface area contributed by atoms with E-state index < -0.39 is 5.97 Å². The van der Waals surface area contributed by atoms with Crippen LogP contribution in [0, 0.1) is 27.7 Å². The van der Waals surface area contributed by atoms with Crippen molar-refractivity contribution in [3.8, 4) is 5.13 Å². The lowest BCUT2D eigenvalue weighted by Gasteiger charge is -2.07. The van der Waals surface area contributed by atoms with Crippen molar-refractivity contribution in [2.45, 2.75) is 27.7 Å². The third kappa shape index (κ3) is 3.60. The van der Waals surface area contributed by atoms with E-state index in [1.54, 1.807) is 18.3 Å². The number of hydrogen-bond acceptors (Lipinski definition) is 5. The molecular formula is C20H20N2O3S. The molecule has 3 aromatic rings. The number of hydrogen-bond donors (Lipinski definition) is 0. The minimum absolute atomic E-state index is 0.223. The van der Waals surface area contributed by atoms with Crippen LogP contribution in [0.3, 0.4) is 0 Å². The molecular weight excluding hydrogens is 348 g/mol. The molecule has 0 aliphatic heterocycles. The molecule has 1 aromatic carbocycles. The molecule has 0 spiro atoms. The van der Waals surface area contributed by atoms with Crippen LogP contribution < -0.4 is 0 Å². The van der Waals surface area contributed by atoms with E-state index >= 15 is 0 Å². The van der Waals surface area contributed by atoms with Gasteiger partial charge in [-0.05, 0) is 45.9 Å². The number of aryl methyl sites for hydroxylation is 3. The maximum atomic E-state index is 12.6. The lowest BCUT2D eigenvalue weighted by atomic mass is 10.1. The number of carbonyl (C=O) groups is 2. The monoisotopic (exact) mass is 368 g/mol. The summed E-state index contributed by atoms with van der Waals surface area (Å²) >= 11 is 1.50. The molecule has 0 fully saturated rings. The van der Waals surface area contributed by atoms with Crippen LogP contribution in [0.2, 0.25) is 0 Å². The molecule has 26 heavy (non-hydrogen) atoms. The van der Waals surface area contributed by atoms with E-state index in [1.165, 1.54) is 11.3 Å². The smallest absolute Gasteiger partial charge is 0.338 e. The molecule has 0 aliphatic carbocycles. The van der Waals surface area contributed by atoms with Gasteiger partial charge in [0.1, 0.15) is 0 Å². The van der Waals surface area contributed by atoms with E-state index in [0.29, 0.717) is 11.1 Å². The Kier molecular flexibility index (Phi) is 5.04. The summed E-state index contributed by atoms with van der Waals surface area (Å²) in [4.78, 5) is 29.1. The third-order valence-electron chi connectivity index (χ3n) is 4.13. The van der Waals surface area contributed by atoms with Gasteiger partial charge in [-0.15, -0.1) is 11.3 Å². The van der Waals surface area contributed by atoms with Gasteiger partial charge in [-0.25, -0.2) is 9.78 Å². The van der Waals surface area contributed by atoms with Gasteiger partial charge < -0.3 is 4.74 Å². The molecule has 0 atom stereocenters. The minimum atomic E-state index is -0.487. The number of ketones is 1. The molecule has 0 N–H and O–H groups in total. The van der Waals surface area contributed by atoms with E-state index in [9.17, 15) is 9.59 Å². The zero-order valence-corrected chi connectivity index (χ0v) is 16.0. The number of rotatable bonds is 5. The van der Waals surface area contributed by atoms with Crippen LogP contribution in [0.1, 0.15) is 43.2 Å². The first kappa shape index (κ1) is 18.1. The fourth-order valence-corrected chi connectivity index (χ4v) is 3.80. The number of carbonyl (C=O) groups excluding carboxylic acids is 2. The van der Waals surface area contributed by atoms with Gasteiger partial charge in [0.05, 0.1) is 5.56 Å². The second-order valence-corrected chi connectivity index (χ2v) is 7.18. The Morgan fingerprint density at radius 2 is 1.77 bits per heavy atom. The molecule has 0 saturated carbocycles. The normalized spacial score (nSPS) is 10.8. The largest absolute Gasteiger partial charge is 0.454 e. The first-order chi connectivity index (χ1) is 12.4. The summed E-state index contributed by atoms with van der Waals surface area (Å²) in [5, 5.41) is 2.70. The zero-order chi connectivity index (χ0) is 18.8. The molecule has 134 valence electrons. The quantitative estimate of drug-likeness (QED) is 0.500. The lowest BCUT2D eigenvalue weighted by Crippen LogP contribution is -2.15. The summed E-state index contributed by atoms with van der Waals surface area (Å²) in [5.41, 5.74) is 4.69. The molecule has 2 heterocycles. The second-order valence-electron chi connectivity index (χ2n) is 6.31. The van der Waals surface area contributed by atoms with Crippen LogP contribution in [-0.4, -0.2) is 27.9 Å². The van der Waals surface area contributed by atoms with Crippen molar-refractivity contribution in [1.29, 1.82) is 0 Å². The van der Waals surface area contributed by atoms with E-state index in [4.69, 9.17) is 4.74 Å². The fourth-order valence-electron chi connectivity index (χ4n) is 3.05. The SMILES string of the molecule is Cc1cc(C)cc(C(=O)OCC(=O)c2cc(C)n(-c3nccs3)c2C)c1. The number of esters is 1. The Morgan fingerprint density at radius 3 is 2.38 bits per heavy atom. The Bertz CT molecular complexity index is 951. The number of aromatic nitrogens is 2. The standard InChI is InChI=1S/C20H20N2O3S/c1-12-7-13(2)9-16(8-12)19(24)25-11-18(23)17-10-14(3)22(15(17)4)20-21-5-6-26-20/h5-10H,11H2,1-4H3. The van der Waals surface area contributed by atoms with Crippen molar-refractivity contribution < 1.29 is 14.3 Å². The van der Waals surface area contributed by atoms with Gasteiger partial charge in [-0.1, -0.05) is 17.2 Å². The highest BCUT2D eigenvalue weighted by Crippen LogP contribution is 2.22. The van der Waals surface area contributed by atoms with Crippen molar-refractivity contribution in [3.63, 3.8) is 0 Å². The van der Waals surface area contributed by atoms with E-state index in [-0.39, 0.29) is 12.4 Å². The Balaban J connectivity index is 1.75. The number of ether oxygens (including phenoxy) is 1. The summed E-state index contributed by atoms with van der Waals surface area (Å²) in [6.07, 6.45) is 1.73. The maximum Gasteiger partial charge on any atom is 0.338 e. The van der Waals surface area contributed by atoms with Crippen molar-refractivity contribution in [1.82, 2.24) is 9.55 Å². The van der Waals surface area contributed by atoms with E-state index in [2.05, 4.69) is 4.98 Å². The number of benzene rings is 1. The highest BCUT2D eigenvalue weighted by molar-refractivity contribution is 7.12. The van der Waals surface area contributed by atoms with Crippen molar-refractivity contribution in [3.05, 3.63) is 69.5 Å². The Labute approximate surface area is 156 Å². The lowest BCUT2D eigenvalue weighted by molar-refractivity contribution is 0.0474. The average molecular weight is 368 g/mol. The summed E-state index contributed by atoms with van der Waals surface area (Å²) in [6.45, 7) is 7.35. The first-order valence-electron chi connectivity index (χ1n) is 8.24. The second kappa shape index (κ2) is 7.25. The van der Waals surface area contributed by atoms with Crippen molar-refractivity contribution >= 4 is 23.1 Å². The van der Waals surface area contributed by atoms with Crippen molar-refractivity contribution in [2.75, 3.05) is 6.61 Å². The molecule has 5 nitrogen and oxygen atoms in total. The van der Waals surface area contributed by atoms with E-state index in [1.807, 2.05) is 49.8 Å². The predicted octanol–water partition coefficient (Wildman–Crippen LogP) is 4.21. The summed E-state index contributed by atoms with van der Waals surface area (Å²) in [7, 11) is 0. The molecule has 6 heteroatoms. The molecule has 0 unspecified atom stereocenters. The summed E-state index contributed by atoms with van der Waals surface area (Å²) in [5.74, 6) is -0.711. The molecule has 2 aromatic heterocycles. The van der Waals surface area contributed by atoms with Crippen LogP contribution in [0.25, 0.3) is 5.13 Å². The number of nitrogens with zero attached hydrogens (tertiary/aromatic N) is 2. The highest BCUT2D eigenvalue weighted by Gasteiger charge is 2.19. The summed E-state index contributed by atoms with van der Waals surface area (Å²) in [6, 6.07) is 7.31. The number of Topliss-reactive ketones (excluding diaryl/α,β-unsaturated/α-hetero) is 1. The third-order valence-corrected chi connectivity index (χ3v) is 4.89. The fraction of sp³-hybridized carbons (Fsp3) is 0.250. The van der Waals surface area contributed by atoms with Gasteiger partial charge in [0.15, 0.2) is 11.7 Å². The minimum Gasteiger partial charge on any atom is -0.454 e. The summed E-state index contributed by atoms with van der Waals surface area (Å²) < 4.78 is 7.17. The predicted molar refractivity (Wildman–Crippen MR) is 101 cm³/mol. The molecule has 0 aliphatic rings. The maximum absolute atomic E-state index is 12.6. The average Bonchev–Trinajstić information content (AvgIpc) is 3.19. The van der Waals surface area contributed by atoms with Gasteiger partial charge in [0, 0.05) is 28.5 Å². The van der Waals surface area contributed by atoms with Crippen LogP contribution in [0.5, 0.6) is 0 Å². The molecule has 3 rings (SSSR count). The van der Waals surface area contributed by atoms with Crippen molar-refractivity contribution in [2.24, 2.45) is 0 Å². The van der Waals surface area contributed by atoms with Crippen LogP contribution in [0.15, 0.2) is 35.8 Å². The molecule has 0 saturated heterocycles. The Hall–Kier alpha value is -2.73. The zero-order valence-electron chi connectivity index (χ0n) is 15.2.